The Labute approximate surface area is 107 Å². The molecule has 0 aliphatic rings. The number of nitrogens with one attached hydrogen (secondary N) is 1. The van der Waals surface area contributed by atoms with Gasteiger partial charge in [0, 0.05) is 12.4 Å². The molecular formula is C12H11BrN2O2. The summed E-state index contributed by atoms with van der Waals surface area (Å²) < 4.78 is 5.12. The van der Waals surface area contributed by atoms with Gasteiger partial charge in [-0.15, -0.1) is 0 Å². The van der Waals surface area contributed by atoms with E-state index in [2.05, 4.69) is 25.9 Å². The molecule has 0 saturated carbocycles. The molecule has 0 aliphatic carbocycles. The molecule has 1 atom stereocenters. The van der Waals surface area contributed by atoms with Crippen molar-refractivity contribution in [2.75, 3.05) is 0 Å². The molecule has 2 rings (SSSR count). The number of halogens is 1. The van der Waals surface area contributed by atoms with Crippen LogP contribution in [0.4, 0.5) is 0 Å². The quantitative estimate of drug-likeness (QED) is 0.696. The molecule has 88 valence electrons. The summed E-state index contributed by atoms with van der Waals surface area (Å²) in [6.07, 6.45) is 3.30. The van der Waals surface area contributed by atoms with E-state index >= 15 is 0 Å². The number of imidazole rings is 1. The Bertz CT molecular complexity index is 471. The zero-order chi connectivity index (χ0) is 12.1. The van der Waals surface area contributed by atoms with Crippen LogP contribution in [-0.4, -0.2) is 15.9 Å². The van der Waals surface area contributed by atoms with Crippen molar-refractivity contribution in [1.29, 1.82) is 0 Å². The van der Waals surface area contributed by atoms with Crippen LogP contribution in [0.5, 0.6) is 0 Å². The molecule has 17 heavy (non-hydrogen) atoms. The van der Waals surface area contributed by atoms with Crippen LogP contribution in [0.2, 0.25) is 0 Å². The van der Waals surface area contributed by atoms with Crippen LogP contribution in [0.15, 0.2) is 42.7 Å². The van der Waals surface area contributed by atoms with Crippen molar-refractivity contribution in [2.24, 2.45) is 0 Å². The van der Waals surface area contributed by atoms with Gasteiger partial charge in [-0.2, -0.15) is 0 Å². The van der Waals surface area contributed by atoms with Crippen LogP contribution in [0, 0.1) is 0 Å². The number of rotatable bonds is 4. The standard InChI is InChI=1S/C12H11BrN2O2/c13-11(9-4-2-1-3-5-9)12(16)17-8-10-14-6-7-15-10/h1-7,11H,8H2,(H,14,15). The van der Waals surface area contributed by atoms with Gasteiger partial charge >= 0.3 is 5.97 Å². The van der Waals surface area contributed by atoms with Gasteiger partial charge in [-0.05, 0) is 5.56 Å². The van der Waals surface area contributed by atoms with Crippen LogP contribution >= 0.6 is 15.9 Å². The molecule has 1 heterocycles. The fourth-order valence-corrected chi connectivity index (χ4v) is 1.79. The molecule has 0 aliphatic heterocycles. The largest absolute Gasteiger partial charge is 0.456 e. The van der Waals surface area contributed by atoms with E-state index in [-0.39, 0.29) is 12.6 Å². The van der Waals surface area contributed by atoms with E-state index in [9.17, 15) is 4.79 Å². The van der Waals surface area contributed by atoms with Crippen molar-refractivity contribution < 1.29 is 9.53 Å². The van der Waals surface area contributed by atoms with Crippen molar-refractivity contribution >= 4 is 21.9 Å². The highest BCUT2D eigenvalue weighted by molar-refractivity contribution is 9.09. The summed E-state index contributed by atoms with van der Waals surface area (Å²) >= 11 is 3.31. The zero-order valence-corrected chi connectivity index (χ0v) is 10.6. The van der Waals surface area contributed by atoms with Crippen molar-refractivity contribution in [3.63, 3.8) is 0 Å². The molecule has 0 radical (unpaired) electrons. The number of carbonyl (C=O) groups excluding carboxylic acids is 1. The van der Waals surface area contributed by atoms with Gasteiger partial charge in [-0.3, -0.25) is 4.79 Å². The number of aromatic amines is 1. The number of ether oxygens (including phenoxy) is 1. The van der Waals surface area contributed by atoms with E-state index in [0.717, 1.165) is 5.56 Å². The number of alkyl halides is 1. The third-order valence-corrected chi connectivity index (χ3v) is 3.11. The van der Waals surface area contributed by atoms with E-state index in [1.807, 2.05) is 30.3 Å². The lowest BCUT2D eigenvalue weighted by Crippen LogP contribution is -2.11. The second-order valence-corrected chi connectivity index (χ2v) is 4.33. The van der Waals surface area contributed by atoms with Gasteiger partial charge in [-0.25, -0.2) is 4.98 Å². The average Bonchev–Trinajstić information content (AvgIpc) is 2.89. The molecular weight excluding hydrogens is 284 g/mol. The molecule has 0 spiro atoms. The molecule has 1 aromatic heterocycles. The van der Waals surface area contributed by atoms with Crippen LogP contribution in [0.3, 0.4) is 0 Å². The number of esters is 1. The molecule has 5 heteroatoms. The lowest BCUT2D eigenvalue weighted by molar-refractivity contribution is -0.144. The summed E-state index contributed by atoms with van der Waals surface area (Å²) in [7, 11) is 0. The lowest BCUT2D eigenvalue weighted by Gasteiger charge is -2.09. The molecule has 2 aromatic rings. The smallest absolute Gasteiger partial charge is 0.324 e. The topological polar surface area (TPSA) is 55.0 Å². The molecule has 0 saturated heterocycles. The Morgan fingerprint density at radius 2 is 2.18 bits per heavy atom. The highest BCUT2D eigenvalue weighted by atomic mass is 79.9. The normalized spacial score (nSPS) is 12.1. The Balaban J connectivity index is 1.92. The van der Waals surface area contributed by atoms with Gasteiger partial charge in [0.05, 0.1) is 0 Å². The molecule has 4 nitrogen and oxygen atoms in total. The molecule has 0 amide bonds. The number of carbonyl (C=O) groups is 1. The van der Waals surface area contributed by atoms with Gasteiger partial charge in [0.2, 0.25) is 0 Å². The first kappa shape index (κ1) is 11.9. The van der Waals surface area contributed by atoms with Crippen LogP contribution in [-0.2, 0) is 16.1 Å². The third-order valence-electron chi connectivity index (χ3n) is 2.21. The summed E-state index contributed by atoms with van der Waals surface area (Å²) in [5, 5.41) is 0. The lowest BCUT2D eigenvalue weighted by atomic mass is 10.1. The average molecular weight is 295 g/mol. The van der Waals surface area contributed by atoms with Gasteiger partial charge in [0.15, 0.2) is 0 Å². The maximum atomic E-state index is 11.7. The predicted molar refractivity (Wildman–Crippen MR) is 66.5 cm³/mol. The summed E-state index contributed by atoms with van der Waals surface area (Å²) in [6, 6.07) is 9.39. The Morgan fingerprint density at radius 1 is 1.41 bits per heavy atom. The molecule has 0 bridgehead atoms. The number of hydrogen-bond donors (Lipinski definition) is 1. The molecule has 1 unspecified atom stereocenters. The third kappa shape index (κ3) is 3.17. The van der Waals surface area contributed by atoms with Gasteiger partial charge in [-0.1, -0.05) is 46.3 Å². The highest BCUT2D eigenvalue weighted by Gasteiger charge is 2.18. The number of aromatic nitrogens is 2. The van der Waals surface area contributed by atoms with E-state index in [1.165, 1.54) is 0 Å². The zero-order valence-electron chi connectivity index (χ0n) is 8.97. The van der Waals surface area contributed by atoms with E-state index < -0.39 is 4.83 Å². The van der Waals surface area contributed by atoms with Crippen molar-refractivity contribution in [1.82, 2.24) is 9.97 Å². The van der Waals surface area contributed by atoms with Gasteiger partial charge < -0.3 is 9.72 Å². The summed E-state index contributed by atoms with van der Waals surface area (Å²) in [4.78, 5) is 18.1. The Morgan fingerprint density at radius 3 is 2.82 bits per heavy atom. The minimum absolute atomic E-state index is 0.154. The summed E-state index contributed by atoms with van der Waals surface area (Å²) in [6.45, 7) is 0.154. The SMILES string of the molecule is O=C(OCc1ncc[nH]1)C(Br)c1ccccc1. The first-order valence-electron chi connectivity index (χ1n) is 5.11. The molecule has 0 fully saturated rings. The van der Waals surface area contributed by atoms with Crippen molar-refractivity contribution in [3.8, 4) is 0 Å². The van der Waals surface area contributed by atoms with Crippen molar-refractivity contribution in [3.05, 3.63) is 54.1 Å². The fraction of sp³-hybridized carbons (Fsp3) is 0.167. The fourth-order valence-electron chi connectivity index (χ4n) is 1.35. The molecule has 1 N–H and O–H groups in total. The molecule has 1 aromatic carbocycles. The number of nitrogens with zero attached hydrogens (tertiary/aromatic N) is 1. The second-order valence-electron chi connectivity index (χ2n) is 3.42. The highest BCUT2D eigenvalue weighted by Crippen LogP contribution is 2.23. The van der Waals surface area contributed by atoms with E-state index in [4.69, 9.17) is 4.74 Å². The minimum Gasteiger partial charge on any atom is -0.456 e. The Kier molecular flexibility index (Phi) is 3.93. The summed E-state index contributed by atoms with van der Waals surface area (Å²) in [5.74, 6) is 0.304. The maximum Gasteiger partial charge on any atom is 0.324 e. The van der Waals surface area contributed by atoms with Crippen molar-refractivity contribution in [2.45, 2.75) is 11.4 Å². The van der Waals surface area contributed by atoms with Crippen LogP contribution in [0.1, 0.15) is 16.2 Å². The number of H-pyrrole nitrogens is 1. The Hall–Kier alpha value is -1.62. The van der Waals surface area contributed by atoms with Gasteiger partial charge in [0.25, 0.3) is 0 Å². The van der Waals surface area contributed by atoms with E-state index in [0.29, 0.717) is 5.82 Å². The first-order valence-corrected chi connectivity index (χ1v) is 6.03. The monoisotopic (exact) mass is 294 g/mol. The second kappa shape index (κ2) is 5.63. The predicted octanol–water partition coefficient (Wildman–Crippen LogP) is 2.59. The first-order chi connectivity index (χ1) is 8.27. The number of hydrogen-bond acceptors (Lipinski definition) is 3. The minimum atomic E-state index is -0.446. The summed E-state index contributed by atoms with van der Waals surface area (Å²) in [5.41, 5.74) is 0.872. The van der Waals surface area contributed by atoms with Crippen LogP contribution in [0.25, 0.3) is 0 Å². The van der Waals surface area contributed by atoms with Gasteiger partial charge in [0.1, 0.15) is 17.3 Å². The maximum absolute atomic E-state index is 11.7. The number of benzene rings is 1. The van der Waals surface area contributed by atoms with E-state index in [1.54, 1.807) is 12.4 Å². The van der Waals surface area contributed by atoms with Crippen LogP contribution < -0.4 is 0 Å².